The molecule has 16 heavy (non-hydrogen) atoms. The number of hydrogen-bond acceptors (Lipinski definition) is 1. The van der Waals surface area contributed by atoms with Gasteiger partial charge in [0, 0.05) is 4.47 Å². The first-order valence-corrected chi connectivity index (χ1v) is 6.36. The Hall–Kier alpha value is -0.120. The van der Waals surface area contributed by atoms with E-state index in [2.05, 4.69) is 21.2 Å². The molecule has 0 aliphatic heterocycles. The van der Waals surface area contributed by atoms with Crippen molar-refractivity contribution < 1.29 is 4.39 Å². The topological polar surface area (TPSA) is 12.0 Å². The highest BCUT2D eigenvalue weighted by molar-refractivity contribution is 9.10. The zero-order valence-corrected chi connectivity index (χ0v) is 12.0. The van der Waals surface area contributed by atoms with Crippen LogP contribution in [0, 0.1) is 5.82 Å². The van der Waals surface area contributed by atoms with E-state index in [0.717, 1.165) is 13.0 Å². The van der Waals surface area contributed by atoms with Crippen LogP contribution in [0.2, 0.25) is 5.02 Å². The molecule has 1 rings (SSSR count). The van der Waals surface area contributed by atoms with Crippen molar-refractivity contribution in [2.24, 2.45) is 0 Å². The van der Waals surface area contributed by atoms with E-state index in [0.29, 0.717) is 10.0 Å². The second-order valence-corrected chi connectivity index (χ2v) is 5.69. The van der Waals surface area contributed by atoms with Gasteiger partial charge in [0.25, 0.3) is 0 Å². The standard InChI is InChI=1S/C12H16BrClFN/c1-12(2,6-7-16-3)8-4-5-9(13)10(14)11(8)15/h4-5,16H,6-7H2,1-3H3. The molecule has 0 aliphatic carbocycles. The zero-order chi connectivity index (χ0) is 12.3. The predicted octanol–water partition coefficient (Wildman–Crippen LogP) is 4.13. The van der Waals surface area contributed by atoms with Crippen molar-refractivity contribution in [3.05, 3.63) is 33.0 Å². The molecular formula is C12H16BrClFN. The zero-order valence-electron chi connectivity index (χ0n) is 9.70. The Kier molecular flexibility index (Phi) is 4.77. The summed E-state index contributed by atoms with van der Waals surface area (Å²) in [6.07, 6.45) is 0.860. The monoisotopic (exact) mass is 307 g/mol. The van der Waals surface area contributed by atoms with Crippen molar-refractivity contribution in [1.29, 1.82) is 0 Å². The first-order valence-electron chi connectivity index (χ1n) is 5.18. The van der Waals surface area contributed by atoms with Gasteiger partial charge in [-0.05, 0) is 53.0 Å². The second kappa shape index (κ2) is 5.48. The summed E-state index contributed by atoms with van der Waals surface area (Å²) in [5.41, 5.74) is 0.438. The van der Waals surface area contributed by atoms with Gasteiger partial charge in [-0.15, -0.1) is 0 Å². The Bertz CT molecular complexity index is 380. The molecule has 0 amide bonds. The summed E-state index contributed by atoms with van der Waals surface area (Å²) in [6, 6.07) is 3.59. The molecule has 0 radical (unpaired) electrons. The maximum absolute atomic E-state index is 14.0. The lowest BCUT2D eigenvalue weighted by Gasteiger charge is -2.26. The lowest BCUT2D eigenvalue weighted by molar-refractivity contribution is 0.442. The van der Waals surface area contributed by atoms with Crippen molar-refractivity contribution in [1.82, 2.24) is 5.32 Å². The molecular weight excluding hydrogens is 292 g/mol. The Balaban J connectivity index is 3.08. The van der Waals surface area contributed by atoms with Gasteiger partial charge in [0.1, 0.15) is 5.82 Å². The van der Waals surface area contributed by atoms with Gasteiger partial charge in [-0.3, -0.25) is 0 Å². The van der Waals surface area contributed by atoms with Gasteiger partial charge in [-0.2, -0.15) is 0 Å². The minimum Gasteiger partial charge on any atom is -0.320 e. The lowest BCUT2D eigenvalue weighted by Crippen LogP contribution is -2.24. The molecule has 0 unspecified atom stereocenters. The van der Waals surface area contributed by atoms with Crippen LogP contribution in [0.5, 0.6) is 0 Å². The molecule has 0 bridgehead atoms. The van der Waals surface area contributed by atoms with Crippen LogP contribution in [-0.4, -0.2) is 13.6 Å². The number of benzene rings is 1. The fourth-order valence-corrected chi connectivity index (χ4v) is 2.09. The van der Waals surface area contributed by atoms with E-state index >= 15 is 0 Å². The first kappa shape index (κ1) is 13.9. The van der Waals surface area contributed by atoms with Gasteiger partial charge in [-0.1, -0.05) is 31.5 Å². The van der Waals surface area contributed by atoms with E-state index in [1.54, 1.807) is 12.1 Å². The molecule has 4 heteroatoms. The number of hydrogen-bond donors (Lipinski definition) is 1. The summed E-state index contributed by atoms with van der Waals surface area (Å²) in [5, 5.41) is 3.24. The van der Waals surface area contributed by atoms with Crippen LogP contribution in [0.4, 0.5) is 4.39 Å². The molecule has 1 aromatic rings. The summed E-state index contributed by atoms with van der Waals surface area (Å²) < 4.78 is 14.6. The fraction of sp³-hybridized carbons (Fsp3) is 0.500. The van der Waals surface area contributed by atoms with E-state index in [-0.39, 0.29) is 16.3 Å². The molecule has 0 aromatic heterocycles. The molecule has 0 saturated heterocycles. The Morgan fingerprint density at radius 1 is 1.44 bits per heavy atom. The Morgan fingerprint density at radius 3 is 2.62 bits per heavy atom. The highest BCUT2D eigenvalue weighted by atomic mass is 79.9. The number of halogens is 3. The summed E-state index contributed by atoms with van der Waals surface area (Å²) in [4.78, 5) is 0. The van der Waals surface area contributed by atoms with Crippen LogP contribution >= 0.6 is 27.5 Å². The van der Waals surface area contributed by atoms with E-state index in [1.807, 2.05) is 20.9 Å². The molecule has 0 fully saturated rings. The molecule has 1 N–H and O–H groups in total. The second-order valence-electron chi connectivity index (χ2n) is 4.46. The summed E-state index contributed by atoms with van der Waals surface area (Å²) in [6.45, 7) is 4.89. The van der Waals surface area contributed by atoms with Gasteiger partial charge < -0.3 is 5.32 Å². The molecule has 0 spiro atoms. The fourth-order valence-electron chi connectivity index (χ4n) is 1.62. The molecule has 0 atom stereocenters. The molecule has 0 saturated carbocycles. The van der Waals surface area contributed by atoms with E-state index in [4.69, 9.17) is 11.6 Å². The molecule has 0 aliphatic rings. The third-order valence-electron chi connectivity index (χ3n) is 2.76. The van der Waals surface area contributed by atoms with Gasteiger partial charge in [0.15, 0.2) is 0 Å². The van der Waals surface area contributed by atoms with Gasteiger partial charge >= 0.3 is 0 Å². The van der Waals surface area contributed by atoms with Crippen LogP contribution in [0.3, 0.4) is 0 Å². The van der Waals surface area contributed by atoms with Crippen LogP contribution in [0.1, 0.15) is 25.8 Å². The van der Waals surface area contributed by atoms with Crippen molar-refractivity contribution in [3.63, 3.8) is 0 Å². The summed E-state index contributed by atoms with van der Waals surface area (Å²) in [5.74, 6) is -0.322. The average Bonchev–Trinajstić information content (AvgIpc) is 2.23. The molecule has 90 valence electrons. The smallest absolute Gasteiger partial charge is 0.146 e. The normalized spacial score (nSPS) is 11.9. The van der Waals surface area contributed by atoms with Crippen LogP contribution < -0.4 is 5.32 Å². The quantitative estimate of drug-likeness (QED) is 0.825. The lowest BCUT2D eigenvalue weighted by atomic mass is 9.81. The maximum Gasteiger partial charge on any atom is 0.146 e. The van der Waals surface area contributed by atoms with Gasteiger partial charge in [-0.25, -0.2) is 4.39 Å². The summed E-state index contributed by atoms with van der Waals surface area (Å²) >= 11 is 9.10. The molecule has 1 aromatic carbocycles. The van der Waals surface area contributed by atoms with Crippen molar-refractivity contribution in [3.8, 4) is 0 Å². The van der Waals surface area contributed by atoms with Crippen molar-refractivity contribution in [2.75, 3.05) is 13.6 Å². The number of nitrogens with one attached hydrogen (secondary N) is 1. The van der Waals surface area contributed by atoms with Crippen molar-refractivity contribution >= 4 is 27.5 Å². The van der Waals surface area contributed by atoms with E-state index in [1.165, 1.54) is 0 Å². The number of rotatable bonds is 4. The van der Waals surface area contributed by atoms with E-state index < -0.39 is 0 Å². The highest BCUT2D eigenvalue weighted by Gasteiger charge is 2.25. The van der Waals surface area contributed by atoms with Crippen LogP contribution in [0.25, 0.3) is 0 Å². The SMILES string of the molecule is CNCCC(C)(C)c1ccc(Br)c(Cl)c1F. The molecule has 1 nitrogen and oxygen atoms in total. The Morgan fingerprint density at radius 2 is 2.06 bits per heavy atom. The van der Waals surface area contributed by atoms with Crippen LogP contribution in [-0.2, 0) is 5.41 Å². The minimum atomic E-state index is -0.322. The first-order chi connectivity index (χ1) is 7.40. The molecule has 0 heterocycles. The van der Waals surface area contributed by atoms with Crippen LogP contribution in [0.15, 0.2) is 16.6 Å². The minimum absolute atomic E-state index is 0.162. The maximum atomic E-state index is 14.0. The van der Waals surface area contributed by atoms with E-state index in [9.17, 15) is 4.39 Å². The van der Waals surface area contributed by atoms with Gasteiger partial charge in [0.2, 0.25) is 0 Å². The highest BCUT2D eigenvalue weighted by Crippen LogP contribution is 2.35. The van der Waals surface area contributed by atoms with Gasteiger partial charge in [0.05, 0.1) is 5.02 Å². The predicted molar refractivity (Wildman–Crippen MR) is 70.7 cm³/mol. The average molecular weight is 309 g/mol. The third kappa shape index (κ3) is 2.96. The third-order valence-corrected chi connectivity index (χ3v) is 4.02. The van der Waals surface area contributed by atoms with Crippen molar-refractivity contribution in [2.45, 2.75) is 25.7 Å². The largest absolute Gasteiger partial charge is 0.320 e. The summed E-state index contributed by atoms with van der Waals surface area (Å²) in [7, 11) is 1.89. The Labute approximate surface area is 110 Å².